The first-order valence-electron chi connectivity index (χ1n) is 8.39. The topological polar surface area (TPSA) is 47.3 Å². The van der Waals surface area contributed by atoms with Gasteiger partial charge < -0.3 is 9.84 Å². The largest absolute Gasteiger partial charge is 0.490 e. The first kappa shape index (κ1) is 14.1. The van der Waals surface area contributed by atoms with Crippen LogP contribution in [0, 0.1) is 6.92 Å². The predicted molar refractivity (Wildman–Crippen MR) is 86.2 cm³/mol. The Morgan fingerprint density at radius 1 is 1.32 bits per heavy atom. The molecule has 2 atom stereocenters. The molecule has 1 N–H and O–H groups in total. The second-order valence-electron chi connectivity index (χ2n) is 7.35. The van der Waals surface area contributed by atoms with Crippen LogP contribution in [0.5, 0.6) is 5.75 Å². The molecule has 1 heterocycles. The van der Waals surface area contributed by atoms with Crippen LogP contribution in [0.3, 0.4) is 0 Å². The molecule has 2 aromatic rings. The summed E-state index contributed by atoms with van der Waals surface area (Å²) in [5.74, 6) is 0.968. The highest BCUT2D eigenvalue weighted by molar-refractivity contribution is 5.81. The molecular weight excluding hydrogens is 276 g/mol. The van der Waals surface area contributed by atoms with E-state index in [1.54, 1.807) is 0 Å². The standard InChI is InChI=1S/C18H24N2O2/c1-12-8-13-11-20(14-4-3-7-18(2,21)10-14)19-16(13)9-17(12)22-15-5-6-15/h8-9,11,14-15,21H,3-7,10H2,1-2H3. The molecule has 2 unspecified atom stereocenters. The molecule has 1 aromatic heterocycles. The van der Waals surface area contributed by atoms with Crippen molar-refractivity contribution >= 4 is 10.9 Å². The number of rotatable bonds is 3. The smallest absolute Gasteiger partial charge is 0.124 e. The Kier molecular flexibility index (Phi) is 3.19. The molecule has 0 radical (unpaired) electrons. The summed E-state index contributed by atoms with van der Waals surface area (Å²) in [7, 11) is 0. The third kappa shape index (κ3) is 2.72. The number of aromatic nitrogens is 2. The van der Waals surface area contributed by atoms with Gasteiger partial charge in [0.15, 0.2) is 0 Å². The predicted octanol–water partition coefficient (Wildman–Crippen LogP) is 3.75. The molecule has 2 saturated carbocycles. The van der Waals surface area contributed by atoms with Crippen molar-refractivity contribution in [3.05, 3.63) is 23.9 Å². The van der Waals surface area contributed by atoms with Gasteiger partial charge in [0.25, 0.3) is 0 Å². The molecule has 22 heavy (non-hydrogen) atoms. The number of nitrogens with zero attached hydrogens (tertiary/aromatic N) is 2. The van der Waals surface area contributed by atoms with Crippen molar-refractivity contribution < 1.29 is 9.84 Å². The van der Waals surface area contributed by atoms with Crippen LogP contribution in [0.15, 0.2) is 18.3 Å². The lowest BCUT2D eigenvalue weighted by Gasteiger charge is -2.33. The zero-order valence-electron chi connectivity index (χ0n) is 13.4. The summed E-state index contributed by atoms with van der Waals surface area (Å²) in [6.07, 6.45) is 8.69. The van der Waals surface area contributed by atoms with E-state index >= 15 is 0 Å². The van der Waals surface area contributed by atoms with Gasteiger partial charge in [-0.3, -0.25) is 4.68 Å². The normalized spacial score (nSPS) is 29.0. The molecule has 118 valence electrons. The second-order valence-corrected chi connectivity index (χ2v) is 7.35. The lowest BCUT2D eigenvalue weighted by Crippen LogP contribution is -2.33. The van der Waals surface area contributed by atoms with Gasteiger partial charge in [0.2, 0.25) is 0 Å². The SMILES string of the molecule is Cc1cc2cn(C3CCCC(C)(O)C3)nc2cc1OC1CC1. The van der Waals surface area contributed by atoms with Crippen LogP contribution in [0.1, 0.15) is 57.1 Å². The van der Waals surface area contributed by atoms with Crippen LogP contribution in [-0.2, 0) is 0 Å². The zero-order valence-corrected chi connectivity index (χ0v) is 13.4. The summed E-state index contributed by atoms with van der Waals surface area (Å²) in [6, 6.07) is 4.53. The first-order chi connectivity index (χ1) is 10.5. The Bertz CT molecular complexity index is 700. The molecule has 2 aliphatic rings. The molecule has 4 heteroatoms. The number of hydrogen-bond acceptors (Lipinski definition) is 3. The number of fused-ring (bicyclic) bond motifs is 1. The summed E-state index contributed by atoms with van der Waals surface area (Å²) < 4.78 is 8.02. The number of ether oxygens (including phenoxy) is 1. The lowest BCUT2D eigenvalue weighted by molar-refractivity contribution is 0.00192. The highest BCUT2D eigenvalue weighted by atomic mass is 16.5. The molecule has 0 spiro atoms. The van der Waals surface area contributed by atoms with Crippen molar-refractivity contribution in [2.45, 2.75) is 70.1 Å². The van der Waals surface area contributed by atoms with Crippen LogP contribution in [-0.4, -0.2) is 26.6 Å². The van der Waals surface area contributed by atoms with Crippen molar-refractivity contribution in [2.75, 3.05) is 0 Å². The maximum Gasteiger partial charge on any atom is 0.124 e. The summed E-state index contributed by atoms with van der Waals surface area (Å²) in [5, 5.41) is 16.2. The Hall–Kier alpha value is -1.55. The average Bonchev–Trinajstić information content (AvgIpc) is 3.16. The molecular formula is C18H24N2O2. The van der Waals surface area contributed by atoms with E-state index in [1.807, 2.05) is 6.92 Å². The Balaban J connectivity index is 1.65. The van der Waals surface area contributed by atoms with Crippen LogP contribution in [0.2, 0.25) is 0 Å². The Morgan fingerprint density at radius 2 is 2.14 bits per heavy atom. The van der Waals surface area contributed by atoms with E-state index in [2.05, 4.69) is 29.9 Å². The molecule has 0 amide bonds. The van der Waals surface area contributed by atoms with Gasteiger partial charge in [-0.15, -0.1) is 0 Å². The minimum atomic E-state index is -0.558. The van der Waals surface area contributed by atoms with E-state index in [4.69, 9.17) is 9.84 Å². The van der Waals surface area contributed by atoms with Gasteiger partial charge in [0.1, 0.15) is 5.75 Å². The van der Waals surface area contributed by atoms with E-state index in [9.17, 15) is 5.11 Å². The van der Waals surface area contributed by atoms with Crippen molar-refractivity contribution in [3.8, 4) is 5.75 Å². The first-order valence-corrected chi connectivity index (χ1v) is 8.39. The molecule has 2 fully saturated rings. The van der Waals surface area contributed by atoms with Crippen LogP contribution < -0.4 is 4.74 Å². The lowest BCUT2D eigenvalue weighted by atomic mass is 9.83. The van der Waals surface area contributed by atoms with Gasteiger partial charge in [-0.25, -0.2) is 0 Å². The highest BCUT2D eigenvalue weighted by Crippen LogP contribution is 2.36. The molecule has 1 aromatic carbocycles. The summed E-state index contributed by atoms with van der Waals surface area (Å²) in [5.41, 5.74) is 1.61. The maximum absolute atomic E-state index is 10.3. The van der Waals surface area contributed by atoms with Gasteiger partial charge in [-0.2, -0.15) is 5.10 Å². The minimum Gasteiger partial charge on any atom is -0.490 e. The van der Waals surface area contributed by atoms with Crippen LogP contribution >= 0.6 is 0 Å². The molecule has 0 aliphatic heterocycles. The quantitative estimate of drug-likeness (QED) is 0.939. The molecule has 2 aliphatic carbocycles. The Morgan fingerprint density at radius 3 is 2.86 bits per heavy atom. The fourth-order valence-electron chi connectivity index (χ4n) is 3.52. The summed E-state index contributed by atoms with van der Waals surface area (Å²) in [6.45, 7) is 4.04. The van der Waals surface area contributed by atoms with Crippen molar-refractivity contribution in [2.24, 2.45) is 0 Å². The molecule has 4 nitrogen and oxygen atoms in total. The third-order valence-corrected chi connectivity index (χ3v) is 4.94. The van der Waals surface area contributed by atoms with Crippen molar-refractivity contribution in [1.82, 2.24) is 9.78 Å². The second kappa shape index (κ2) is 4.98. The summed E-state index contributed by atoms with van der Waals surface area (Å²) in [4.78, 5) is 0. The fraction of sp³-hybridized carbons (Fsp3) is 0.611. The highest BCUT2D eigenvalue weighted by Gasteiger charge is 2.31. The van der Waals surface area contributed by atoms with Gasteiger partial charge in [-0.05, 0) is 64.0 Å². The number of aryl methyl sites for hydroxylation is 1. The molecule has 0 saturated heterocycles. The van der Waals surface area contributed by atoms with Gasteiger partial charge >= 0.3 is 0 Å². The number of hydrogen-bond donors (Lipinski definition) is 1. The Labute approximate surface area is 131 Å². The van der Waals surface area contributed by atoms with Gasteiger partial charge in [-0.1, -0.05) is 0 Å². The average molecular weight is 300 g/mol. The summed E-state index contributed by atoms with van der Waals surface area (Å²) >= 11 is 0. The number of aliphatic hydroxyl groups is 1. The third-order valence-electron chi connectivity index (χ3n) is 4.94. The fourth-order valence-corrected chi connectivity index (χ4v) is 3.52. The maximum atomic E-state index is 10.3. The van der Waals surface area contributed by atoms with Crippen molar-refractivity contribution in [1.29, 1.82) is 0 Å². The van der Waals surface area contributed by atoms with E-state index < -0.39 is 5.60 Å². The molecule has 4 rings (SSSR count). The minimum absolute atomic E-state index is 0.296. The van der Waals surface area contributed by atoms with Gasteiger partial charge in [0, 0.05) is 17.6 Å². The van der Waals surface area contributed by atoms with Crippen LogP contribution in [0.4, 0.5) is 0 Å². The van der Waals surface area contributed by atoms with Gasteiger partial charge in [0.05, 0.1) is 23.3 Å². The van der Waals surface area contributed by atoms with Crippen LogP contribution in [0.25, 0.3) is 10.9 Å². The van der Waals surface area contributed by atoms with Crippen molar-refractivity contribution in [3.63, 3.8) is 0 Å². The molecule has 0 bridgehead atoms. The zero-order chi connectivity index (χ0) is 15.3. The number of benzene rings is 1. The van der Waals surface area contributed by atoms with E-state index in [-0.39, 0.29) is 0 Å². The monoisotopic (exact) mass is 300 g/mol. The van der Waals surface area contributed by atoms with E-state index in [0.29, 0.717) is 12.1 Å². The van der Waals surface area contributed by atoms with E-state index in [1.165, 1.54) is 18.4 Å². The van der Waals surface area contributed by atoms with E-state index in [0.717, 1.165) is 42.3 Å².